The Bertz CT molecular complexity index is 1270. The Hall–Kier alpha value is -3.70. The summed E-state index contributed by atoms with van der Waals surface area (Å²) in [4.78, 5) is 30.2. The lowest BCUT2D eigenvalue weighted by atomic mass is 10.0. The Morgan fingerprint density at radius 2 is 2.03 bits per heavy atom. The van der Waals surface area contributed by atoms with E-state index in [1.54, 1.807) is 40.8 Å². The van der Waals surface area contributed by atoms with Crippen LogP contribution in [0.4, 0.5) is 10.1 Å². The zero-order valence-electron chi connectivity index (χ0n) is 17.2. The zero-order chi connectivity index (χ0) is 23.0. The normalized spacial score (nSPS) is 12.9. The number of fused-ring (bicyclic) bond motifs is 1. The molecule has 0 saturated carbocycles. The van der Waals surface area contributed by atoms with Gasteiger partial charge in [0.15, 0.2) is 0 Å². The van der Waals surface area contributed by atoms with Crippen LogP contribution in [0.5, 0.6) is 0 Å². The van der Waals surface area contributed by atoms with Crippen LogP contribution in [-0.2, 0) is 24.3 Å². The summed E-state index contributed by atoms with van der Waals surface area (Å²) in [5.41, 5.74) is 8.86. The van der Waals surface area contributed by atoms with Gasteiger partial charge in [0.05, 0.1) is 37.3 Å². The number of aryl methyl sites for hydroxylation is 1. The fourth-order valence-electron chi connectivity index (χ4n) is 3.90. The lowest BCUT2D eigenvalue weighted by molar-refractivity contribution is -0.132. The van der Waals surface area contributed by atoms with Crippen molar-refractivity contribution in [3.8, 4) is 11.3 Å². The third kappa shape index (κ3) is 4.07. The Balaban J connectivity index is 1.62. The summed E-state index contributed by atoms with van der Waals surface area (Å²) in [6, 6.07) is 9.34. The predicted octanol–water partition coefficient (Wildman–Crippen LogP) is 3.89. The highest BCUT2D eigenvalue weighted by molar-refractivity contribution is 6.33. The van der Waals surface area contributed by atoms with Crippen LogP contribution in [0.3, 0.4) is 0 Å². The van der Waals surface area contributed by atoms with Gasteiger partial charge in [-0.1, -0.05) is 29.8 Å². The number of primary amides is 1. The predicted molar refractivity (Wildman–Crippen MR) is 118 cm³/mol. The molecule has 2 N–H and O–H groups in total. The summed E-state index contributed by atoms with van der Waals surface area (Å²) in [5, 5.41) is 4.80. The van der Waals surface area contributed by atoms with Gasteiger partial charge >= 0.3 is 0 Å². The van der Waals surface area contributed by atoms with Gasteiger partial charge in [0.2, 0.25) is 11.6 Å². The summed E-state index contributed by atoms with van der Waals surface area (Å²) in [6.45, 7) is 9.77. The molecule has 0 atom stereocenters. The summed E-state index contributed by atoms with van der Waals surface area (Å²) in [7, 11) is 0. The van der Waals surface area contributed by atoms with Crippen LogP contribution in [0, 0.1) is 19.3 Å². The molecular weight excluding hydrogens is 433 g/mol. The number of halogens is 2. The second-order valence-electron chi connectivity index (χ2n) is 7.66. The van der Waals surface area contributed by atoms with Crippen LogP contribution in [-0.4, -0.2) is 33.0 Å². The van der Waals surface area contributed by atoms with E-state index in [-0.39, 0.29) is 24.4 Å². The highest BCUT2D eigenvalue weighted by Crippen LogP contribution is 2.30. The maximum atomic E-state index is 14.0. The number of benzene rings is 2. The second-order valence-corrected chi connectivity index (χ2v) is 8.07. The molecule has 1 aromatic heterocycles. The summed E-state index contributed by atoms with van der Waals surface area (Å²) in [6.07, 6.45) is 0.105. The van der Waals surface area contributed by atoms with Crippen molar-refractivity contribution in [2.24, 2.45) is 5.73 Å². The van der Waals surface area contributed by atoms with Crippen molar-refractivity contribution < 1.29 is 14.0 Å². The molecule has 9 heteroatoms. The van der Waals surface area contributed by atoms with Gasteiger partial charge < -0.3 is 10.6 Å². The van der Waals surface area contributed by atoms with Gasteiger partial charge in [-0.2, -0.15) is 5.10 Å². The fraction of sp³-hybridized carbons (Fsp3) is 0.217. The Labute approximate surface area is 189 Å². The molecule has 7 nitrogen and oxygen atoms in total. The molecule has 4 rings (SSSR count). The van der Waals surface area contributed by atoms with Gasteiger partial charge in [0.25, 0.3) is 5.91 Å². The summed E-state index contributed by atoms with van der Waals surface area (Å²) < 4.78 is 15.6. The van der Waals surface area contributed by atoms with Gasteiger partial charge in [0, 0.05) is 17.1 Å². The van der Waals surface area contributed by atoms with Gasteiger partial charge in [-0.25, -0.2) is 9.24 Å². The number of amides is 2. The number of carbonyl (C=O) groups is 2. The van der Waals surface area contributed by atoms with Crippen molar-refractivity contribution in [1.29, 1.82) is 0 Å². The maximum absolute atomic E-state index is 14.0. The molecule has 32 heavy (non-hydrogen) atoms. The molecule has 0 saturated heterocycles. The molecule has 2 amide bonds. The number of rotatable bonds is 4. The van der Waals surface area contributed by atoms with Crippen molar-refractivity contribution >= 4 is 29.1 Å². The maximum Gasteiger partial charge on any atom is 0.252 e. The average molecular weight is 452 g/mol. The third-order valence-corrected chi connectivity index (χ3v) is 5.69. The van der Waals surface area contributed by atoms with E-state index in [0.717, 1.165) is 0 Å². The molecule has 0 fully saturated rings. The van der Waals surface area contributed by atoms with Crippen molar-refractivity contribution in [2.45, 2.75) is 26.4 Å². The molecule has 0 unspecified atom stereocenters. The first-order valence-corrected chi connectivity index (χ1v) is 10.3. The van der Waals surface area contributed by atoms with E-state index in [0.29, 0.717) is 51.9 Å². The SMILES string of the molecule is [C-]#[N+]c1ccc(CC(=O)N2CCn3nc(-c4cc(C)cc(F)c4)c(C(N)=O)c3C2)cc1Cl. The molecule has 0 aliphatic carbocycles. The average Bonchev–Trinajstić information content (AvgIpc) is 3.12. The van der Waals surface area contributed by atoms with Crippen molar-refractivity contribution in [2.75, 3.05) is 6.54 Å². The van der Waals surface area contributed by atoms with E-state index >= 15 is 0 Å². The molecule has 2 aromatic carbocycles. The van der Waals surface area contributed by atoms with Crippen LogP contribution in [0.15, 0.2) is 36.4 Å². The zero-order valence-corrected chi connectivity index (χ0v) is 18.0. The highest BCUT2D eigenvalue weighted by atomic mass is 35.5. The quantitative estimate of drug-likeness (QED) is 0.611. The lowest BCUT2D eigenvalue weighted by Crippen LogP contribution is -2.40. The number of nitrogens with zero attached hydrogens (tertiary/aromatic N) is 4. The number of carbonyl (C=O) groups excluding carboxylic acids is 2. The molecular formula is C23H19ClFN5O2. The molecule has 2 heterocycles. The Morgan fingerprint density at radius 3 is 2.69 bits per heavy atom. The van der Waals surface area contributed by atoms with Crippen LogP contribution >= 0.6 is 11.6 Å². The minimum Gasteiger partial charge on any atom is -0.365 e. The largest absolute Gasteiger partial charge is 0.365 e. The van der Waals surface area contributed by atoms with Crippen molar-refractivity contribution in [3.05, 3.63) is 81.0 Å². The van der Waals surface area contributed by atoms with E-state index in [1.165, 1.54) is 12.1 Å². The smallest absolute Gasteiger partial charge is 0.252 e. The van der Waals surface area contributed by atoms with Crippen molar-refractivity contribution in [1.82, 2.24) is 14.7 Å². The van der Waals surface area contributed by atoms with Gasteiger partial charge in [-0.05, 0) is 36.2 Å². The monoisotopic (exact) mass is 451 g/mol. The standard InChI is InChI=1S/C23H19ClFN5O2/c1-13-7-15(11-16(25)8-13)22-21(23(26)32)19-12-29(5-6-30(19)28-22)20(31)10-14-3-4-18(27-2)17(24)9-14/h3-4,7-9,11H,5-6,10,12H2,1H3,(H2,26,32). The van der Waals surface area contributed by atoms with Gasteiger partial charge in [0.1, 0.15) is 11.5 Å². The van der Waals surface area contributed by atoms with Crippen molar-refractivity contribution in [3.63, 3.8) is 0 Å². The van der Waals surface area contributed by atoms with Crippen LogP contribution in [0.25, 0.3) is 16.1 Å². The van der Waals surface area contributed by atoms with E-state index < -0.39 is 11.7 Å². The van der Waals surface area contributed by atoms with E-state index in [2.05, 4.69) is 9.94 Å². The Kier molecular flexibility index (Phi) is 5.68. The van der Waals surface area contributed by atoms with E-state index in [1.807, 2.05) is 0 Å². The first-order valence-electron chi connectivity index (χ1n) is 9.87. The summed E-state index contributed by atoms with van der Waals surface area (Å²) in [5.74, 6) is -1.26. The number of nitrogens with two attached hydrogens (primary N) is 1. The molecule has 0 spiro atoms. The molecule has 3 aromatic rings. The molecule has 0 radical (unpaired) electrons. The summed E-state index contributed by atoms with van der Waals surface area (Å²) >= 11 is 6.08. The molecule has 1 aliphatic heterocycles. The fourth-order valence-corrected chi connectivity index (χ4v) is 4.15. The second kappa shape index (κ2) is 8.44. The van der Waals surface area contributed by atoms with Crippen LogP contribution < -0.4 is 5.73 Å². The minimum absolute atomic E-state index is 0.105. The van der Waals surface area contributed by atoms with Gasteiger partial charge in [-0.15, -0.1) is 0 Å². The lowest BCUT2D eigenvalue weighted by Gasteiger charge is -2.28. The molecule has 1 aliphatic rings. The number of hydrogen-bond acceptors (Lipinski definition) is 3. The first kappa shape index (κ1) is 21.5. The molecule has 0 bridgehead atoms. The Morgan fingerprint density at radius 1 is 1.25 bits per heavy atom. The van der Waals surface area contributed by atoms with E-state index in [4.69, 9.17) is 23.9 Å². The van der Waals surface area contributed by atoms with Gasteiger partial charge in [-0.3, -0.25) is 14.3 Å². The third-order valence-electron chi connectivity index (χ3n) is 5.38. The van der Waals surface area contributed by atoms with Crippen LogP contribution in [0.1, 0.15) is 27.2 Å². The number of hydrogen-bond donors (Lipinski definition) is 1. The van der Waals surface area contributed by atoms with Crippen LogP contribution in [0.2, 0.25) is 5.02 Å². The molecule has 162 valence electrons. The first-order chi connectivity index (χ1) is 15.3. The highest BCUT2D eigenvalue weighted by Gasteiger charge is 2.29. The van der Waals surface area contributed by atoms with E-state index in [9.17, 15) is 14.0 Å². The number of aromatic nitrogens is 2. The topological polar surface area (TPSA) is 85.6 Å². The minimum atomic E-state index is -0.682.